The van der Waals surface area contributed by atoms with Crippen molar-refractivity contribution >= 4 is 22.0 Å². The Morgan fingerprint density at radius 1 is 1.24 bits per heavy atom. The van der Waals surface area contributed by atoms with E-state index in [1.54, 1.807) is 20.8 Å². The van der Waals surface area contributed by atoms with Crippen molar-refractivity contribution in [3.63, 3.8) is 0 Å². The first kappa shape index (κ1) is 26.7. The number of pyridine rings is 1. The van der Waals surface area contributed by atoms with E-state index in [0.29, 0.717) is 19.2 Å². The van der Waals surface area contributed by atoms with Crippen molar-refractivity contribution in [1.29, 1.82) is 0 Å². The number of nitrogens with zero attached hydrogens (tertiary/aromatic N) is 2. The lowest BCUT2D eigenvalue weighted by Crippen LogP contribution is -2.38. The Morgan fingerprint density at radius 3 is 2.42 bits per heavy atom. The highest BCUT2D eigenvalue weighted by atomic mass is 32.2. The van der Waals surface area contributed by atoms with Crippen molar-refractivity contribution in [1.82, 2.24) is 9.29 Å². The third-order valence-corrected chi connectivity index (χ3v) is 6.90. The van der Waals surface area contributed by atoms with E-state index in [2.05, 4.69) is 4.98 Å². The average molecular weight is 487 g/mol. The van der Waals surface area contributed by atoms with Crippen LogP contribution in [-0.2, 0) is 24.3 Å². The molecule has 0 unspecified atom stereocenters. The number of carboxylic acids is 1. The summed E-state index contributed by atoms with van der Waals surface area (Å²) in [6.07, 6.45) is 2.68. The Morgan fingerprint density at radius 2 is 1.91 bits per heavy atom. The summed E-state index contributed by atoms with van der Waals surface area (Å²) in [5.41, 5.74) is -0.378. The van der Waals surface area contributed by atoms with E-state index in [1.807, 2.05) is 0 Å². The minimum absolute atomic E-state index is 0.00211. The van der Waals surface area contributed by atoms with Crippen LogP contribution in [0.1, 0.15) is 52.9 Å². The molecule has 0 saturated carbocycles. The molecule has 0 bridgehead atoms. The highest BCUT2D eigenvalue weighted by Crippen LogP contribution is 2.26. The molecule has 0 radical (unpaired) electrons. The summed E-state index contributed by atoms with van der Waals surface area (Å²) in [5, 5.41) is 8.89. The normalized spacial score (nSPS) is 16.4. The van der Waals surface area contributed by atoms with Gasteiger partial charge in [-0.25, -0.2) is 17.8 Å². The number of aliphatic carboxylic acids is 1. The quantitative estimate of drug-likeness (QED) is 0.500. The smallest absolute Gasteiger partial charge is 0.306 e. The zero-order valence-electron chi connectivity index (χ0n) is 19.1. The third kappa shape index (κ3) is 8.73. The van der Waals surface area contributed by atoms with Gasteiger partial charge in [-0.15, -0.1) is 0 Å². The lowest BCUT2D eigenvalue weighted by Gasteiger charge is -2.30. The van der Waals surface area contributed by atoms with Gasteiger partial charge in [0.05, 0.1) is 12.5 Å². The number of aromatic nitrogens is 1. The summed E-state index contributed by atoms with van der Waals surface area (Å²) in [5.74, 6) is -1.24. The predicted octanol–water partition coefficient (Wildman–Crippen LogP) is 3.31. The van der Waals surface area contributed by atoms with Gasteiger partial charge in [0.15, 0.2) is 0 Å². The van der Waals surface area contributed by atoms with Crippen LogP contribution in [-0.4, -0.2) is 60.0 Å². The second-order valence-corrected chi connectivity index (χ2v) is 10.9. The van der Waals surface area contributed by atoms with Gasteiger partial charge in [-0.3, -0.25) is 9.59 Å². The van der Waals surface area contributed by atoms with Gasteiger partial charge in [0.2, 0.25) is 15.9 Å². The van der Waals surface area contributed by atoms with Crippen LogP contribution in [0.3, 0.4) is 0 Å². The Balaban J connectivity index is 1.87. The first-order valence-corrected chi connectivity index (χ1v) is 12.2. The standard InChI is InChI=1S/C22H31FN2O7S/c1-22(2,3)32-21(28)7-4-17(13-23)15-31-19-6-5-18(14-24-19)33(29,30)25-10-8-16(9-11-25)12-20(26)27/h5-6,13-14,16H,4,7-12,15H2,1-3H3,(H,26,27). The number of esters is 1. The fourth-order valence-corrected chi connectivity index (χ4v) is 4.75. The summed E-state index contributed by atoms with van der Waals surface area (Å²) in [7, 11) is -3.75. The molecular weight excluding hydrogens is 455 g/mol. The van der Waals surface area contributed by atoms with Gasteiger partial charge in [-0.1, -0.05) is 0 Å². The van der Waals surface area contributed by atoms with Crippen LogP contribution in [0, 0.1) is 5.92 Å². The second kappa shape index (κ2) is 11.6. The molecule has 0 spiro atoms. The average Bonchev–Trinajstić information content (AvgIpc) is 2.73. The topological polar surface area (TPSA) is 123 Å². The molecule has 1 fully saturated rings. The molecule has 1 aliphatic heterocycles. The fourth-order valence-electron chi connectivity index (χ4n) is 3.33. The van der Waals surface area contributed by atoms with Gasteiger partial charge in [-0.2, -0.15) is 4.31 Å². The van der Waals surface area contributed by atoms with Crippen molar-refractivity contribution in [3.8, 4) is 5.88 Å². The monoisotopic (exact) mass is 486 g/mol. The first-order valence-electron chi connectivity index (χ1n) is 10.7. The minimum Gasteiger partial charge on any atom is -0.481 e. The van der Waals surface area contributed by atoms with Crippen LogP contribution in [0.5, 0.6) is 5.88 Å². The zero-order valence-corrected chi connectivity index (χ0v) is 19.9. The van der Waals surface area contributed by atoms with Gasteiger partial charge in [0, 0.05) is 32.0 Å². The molecule has 2 rings (SSSR count). The molecule has 2 heterocycles. The fraction of sp³-hybridized carbons (Fsp3) is 0.591. The summed E-state index contributed by atoms with van der Waals surface area (Å²) < 4.78 is 50.7. The van der Waals surface area contributed by atoms with Crippen LogP contribution in [0.4, 0.5) is 4.39 Å². The molecule has 0 aliphatic carbocycles. The van der Waals surface area contributed by atoms with Crippen LogP contribution < -0.4 is 4.74 Å². The molecule has 1 aromatic rings. The molecule has 0 amide bonds. The Bertz CT molecular complexity index is 948. The summed E-state index contributed by atoms with van der Waals surface area (Å²) in [6, 6.07) is 2.74. The first-order chi connectivity index (χ1) is 15.4. The number of ether oxygens (including phenoxy) is 2. The molecule has 1 aliphatic rings. The highest BCUT2D eigenvalue weighted by Gasteiger charge is 2.30. The third-order valence-electron chi connectivity index (χ3n) is 5.01. The van der Waals surface area contributed by atoms with Gasteiger partial charge >= 0.3 is 11.9 Å². The lowest BCUT2D eigenvalue weighted by molar-refractivity contribution is -0.154. The van der Waals surface area contributed by atoms with E-state index in [9.17, 15) is 22.4 Å². The number of hydrogen-bond acceptors (Lipinski definition) is 7. The lowest BCUT2D eigenvalue weighted by atomic mass is 9.95. The van der Waals surface area contributed by atoms with E-state index < -0.39 is 27.6 Å². The molecule has 1 N–H and O–H groups in total. The van der Waals surface area contributed by atoms with Crippen LogP contribution in [0.25, 0.3) is 0 Å². The van der Waals surface area contributed by atoms with Crippen molar-refractivity contribution in [2.24, 2.45) is 5.92 Å². The number of piperidine rings is 1. The molecule has 9 nitrogen and oxygen atoms in total. The molecule has 0 atom stereocenters. The Labute approximate surface area is 193 Å². The number of rotatable bonds is 10. The number of carbonyl (C=O) groups is 2. The molecule has 11 heteroatoms. The molecule has 0 aromatic carbocycles. The van der Waals surface area contributed by atoms with E-state index in [0.717, 1.165) is 0 Å². The number of hydrogen-bond donors (Lipinski definition) is 1. The molecular formula is C22H31FN2O7S. The highest BCUT2D eigenvalue weighted by molar-refractivity contribution is 7.89. The number of carbonyl (C=O) groups excluding carboxylic acids is 1. The van der Waals surface area contributed by atoms with Crippen molar-refractivity contribution < 1.29 is 37.0 Å². The van der Waals surface area contributed by atoms with Gasteiger partial charge in [0.1, 0.15) is 17.1 Å². The maximum absolute atomic E-state index is 13.1. The van der Waals surface area contributed by atoms with Crippen molar-refractivity contribution in [2.45, 2.75) is 63.4 Å². The molecule has 184 valence electrons. The van der Waals surface area contributed by atoms with E-state index in [-0.39, 0.29) is 61.2 Å². The van der Waals surface area contributed by atoms with Crippen LogP contribution in [0.15, 0.2) is 35.1 Å². The second-order valence-electron chi connectivity index (χ2n) is 8.92. The maximum atomic E-state index is 13.1. The van der Waals surface area contributed by atoms with Gasteiger partial charge in [0.25, 0.3) is 0 Å². The number of sulfonamides is 1. The zero-order chi connectivity index (χ0) is 24.6. The Kier molecular flexibility index (Phi) is 9.35. The maximum Gasteiger partial charge on any atom is 0.306 e. The van der Waals surface area contributed by atoms with E-state index in [4.69, 9.17) is 14.6 Å². The molecule has 1 aromatic heterocycles. The number of carboxylic acid groups (broad SMARTS) is 1. The largest absolute Gasteiger partial charge is 0.481 e. The van der Waals surface area contributed by atoms with Crippen molar-refractivity contribution in [2.75, 3.05) is 19.7 Å². The summed E-state index contributed by atoms with van der Waals surface area (Å²) in [6.45, 7) is 5.60. The van der Waals surface area contributed by atoms with E-state index >= 15 is 0 Å². The van der Waals surface area contributed by atoms with Crippen molar-refractivity contribution in [3.05, 3.63) is 30.2 Å². The van der Waals surface area contributed by atoms with Gasteiger partial charge in [-0.05, 0) is 57.6 Å². The van der Waals surface area contributed by atoms with Gasteiger partial charge < -0.3 is 14.6 Å². The molecule has 33 heavy (non-hydrogen) atoms. The Hall–Kier alpha value is -2.53. The minimum atomic E-state index is -3.75. The molecule has 1 saturated heterocycles. The van der Waals surface area contributed by atoms with Crippen LogP contribution >= 0.6 is 0 Å². The van der Waals surface area contributed by atoms with E-state index in [1.165, 1.54) is 22.6 Å². The van der Waals surface area contributed by atoms with Crippen LogP contribution in [0.2, 0.25) is 0 Å². The SMILES string of the molecule is CC(C)(C)OC(=O)CCC(=CF)COc1ccc(S(=O)(=O)N2CCC(CC(=O)O)CC2)cn1. The summed E-state index contributed by atoms with van der Waals surface area (Å²) >= 11 is 0. The predicted molar refractivity (Wildman–Crippen MR) is 118 cm³/mol. The number of halogens is 1. The summed E-state index contributed by atoms with van der Waals surface area (Å²) in [4.78, 5) is 26.6.